The molecule has 0 unspecified atom stereocenters. The molecule has 0 fully saturated rings. The van der Waals surface area contributed by atoms with E-state index in [0.29, 0.717) is 11.3 Å². The van der Waals surface area contributed by atoms with Crippen molar-refractivity contribution in [1.82, 2.24) is 10.6 Å². The first-order valence-electron chi connectivity index (χ1n) is 4.59. The molecule has 90 valence electrons. The van der Waals surface area contributed by atoms with E-state index in [1.165, 1.54) is 7.11 Å². The second kappa shape index (κ2) is 5.80. The van der Waals surface area contributed by atoms with Crippen LogP contribution < -0.4 is 21.1 Å². The number of carbonyl (C=O) groups is 2. The summed E-state index contributed by atoms with van der Waals surface area (Å²) >= 11 is 4.70. The molecule has 0 aliphatic carbocycles. The highest BCUT2D eigenvalue weighted by Crippen LogP contribution is 2.16. The van der Waals surface area contributed by atoms with Crippen LogP contribution in [0.2, 0.25) is 0 Å². The third kappa shape index (κ3) is 3.72. The van der Waals surface area contributed by atoms with Gasteiger partial charge in [-0.15, -0.1) is 0 Å². The van der Waals surface area contributed by atoms with Crippen LogP contribution in [0.5, 0.6) is 5.75 Å². The van der Waals surface area contributed by atoms with Crippen LogP contribution >= 0.6 is 12.2 Å². The van der Waals surface area contributed by atoms with Gasteiger partial charge in [0.25, 0.3) is 5.91 Å². The van der Waals surface area contributed by atoms with Crippen molar-refractivity contribution in [2.45, 2.75) is 0 Å². The molecule has 7 heteroatoms. The normalized spacial score (nSPS) is 9.24. The van der Waals surface area contributed by atoms with Crippen molar-refractivity contribution in [2.75, 3.05) is 7.11 Å². The second-order valence-electron chi connectivity index (χ2n) is 2.97. The molecule has 0 saturated heterocycles. The number of urea groups is 1. The Morgan fingerprint density at radius 3 is 2.53 bits per heavy atom. The van der Waals surface area contributed by atoms with Crippen molar-refractivity contribution in [2.24, 2.45) is 5.73 Å². The molecule has 1 rings (SSSR count). The molecule has 0 saturated carbocycles. The lowest BCUT2D eigenvalue weighted by Crippen LogP contribution is -2.44. The Hall–Kier alpha value is -2.15. The maximum atomic E-state index is 11.7. The summed E-state index contributed by atoms with van der Waals surface area (Å²) in [7, 11) is 1.45. The number of para-hydroxylation sites is 1. The van der Waals surface area contributed by atoms with E-state index in [4.69, 9.17) is 22.7 Å². The highest BCUT2D eigenvalue weighted by molar-refractivity contribution is 7.80. The Morgan fingerprint density at radius 2 is 1.94 bits per heavy atom. The van der Waals surface area contributed by atoms with Gasteiger partial charge in [-0.05, 0) is 24.4 Å². The van der Waals surface area contributed by atoms with Gasteiger partial charge in [-0.1, -0.05) is 12.1 Å². The quantitative estimate of drug-likeness (QED) is 0.664. The van der Waals surface area contributed by atoms with Crippen LogP contribution in [0.15, 0.2) is 24.3 Å². The molecule has 0 aliphatic rings. The van der Waals surface area contributed by atoms with Gasteiger partial charge in [-0.2, -0.15) is 0 Å². The third-order valence-electron chi connectivity index (χ3n) is 1.82. The van der Waals surface area contributed by atoms with Crippen molar-refractivity contribution in [3.63, 3.8) is 0 Å². The zero-order chi connectivity index (χ0) is 12.8. The first-order valence-corrected chi connectivity index (χ1v) is 5.00. The van der Waals surface area contributed by atoms with Gasteiger partial charge in [0, 0.05) is 0 Å². The van der Waals surface area contributed by atoms with Crippen LogP contribution in [0.1, 0.15) is 10.4 Å². The van der Waals surface area contributed by atoms with Crippen LogP contribution in [-0.4, -0.2) is 24.2 Å². The maximum absolute atomic E-state index is 11.7. The number of carbonyl (C=O) groups excluding carboxylic acids is 2. The predicted octanol–water partition coefficient (Wildman–Crippen LogP) is 0.378. The molecule has 0 aliphatic heterocycles. The van der Waals surface area contributed by atoms with Crippen LogP contribution in [0, 0.1) is 0 Å². The van der Waals surface area contributed by atoms with E-state index < -0.39 is 11.9 Å². The fourth-order valence-electron chi connectivity index (χ4n) is 1.15. The number of rotatable bonds is 2. The van der Waals surface area contributed by atoms with Crippen molar-refractivity contribution in [3.8, 4) is 5.75 Å². The van der Waals surface area contributed by atoms with Gasteiger partial charge >= 0.3 is 6.03 Å². The SMILES string of the molecule is COc1ccccc1C(=O)NC(=S)NC(N)=O. The number of ether oxygens (including phenoxy) is 1. The summed E-state index contributed by atoms with van der Waals surface area (Å²) in [6.07, 6.45) is 0. The standard InChI is InChI=1S/C10H11N3O3S/c1-16-7-5-3-2-4-6(7)8(14)12-10(17)13-9(11)15/h2-5H,1H3,(H4,11,12,13,14,15,17). The number of nitrogens with one attached hydrogen (secondary N) is 2. The highest BCUT2D eigenvalue weighted by atomic mass is 32.1. The van der Waals surface area contributed by atoms with Crippen LogP contribution in [0.4, 0.5) is 4.79 Å². The summed E-state index contributed by atoms with van der Waals surface area (Å²) in [6.45, 7) is 0. The molecule has 0 bridgehead atoms. The summed E-state index contributed by atoms with van der Waals surface area (Å²) in [5.41, 5.74) is 5.16. The third-order valence-corrected chi connectivity index (χ3v) is 2.02. The number of primary amides is 1. The van der Waals surface area contributed by atoms with Crippen LogP contribution in [0.3, 0.4) is 0 Å². The molecular formula is C10H11N3O3S. The largest absolute Gasteiger partial charge is 0.496 e. The zero-order valence-electron chi connectivity index (χ0n) is 9.02. The Labute approximate surface area is 103 Å². The average Bonchev–Trinajstić information content (AvgIpc) is 2.27. The summed E-state index contributed by atoms with van der Waals surface area (Å²) in [5.74, 6) is -0.0759. The van der Waals surface area contributed by atoms with Crippen molar-refractivity contribution < 1.29 is 14.3 Å². The number of thiocarbonyl (C=S) groups is 1. The lowest BCUT2D eigenvalue weighted by Gasteiger charge is -2.09. The molecule has 0 radical (unpaired) electrons. The van der Waals surface area contributed by atoms with Gasteiger partial charge in [0.15, 0.2) is 5.11 Å². The van der Waals surface area contributed by atoms with Gasteiger partial charge in [0.05, 0.1) is 12.7 Å². The van der Waals surface area contributed by atoms with E-state index in [-0.39, 0.29) is 5.11 Å². The number of amides is 3. The number of methoxy groups -OCH3 is 1. The lowest BCUT2D eigenvalue weighted by atomic mass is 10.2. The van der Waals surface area contributed by atoms with Crippen molar-refractivity contribution in [1.29, 1.82) is 0 Å². The molecule has 0 atom stereocenters. The minimum absolute atomic E-state index is 0.159. The molecule has 17 heavy (non-hydrogen) atoms. The minimum Gasteiger partial charge on any atom is -0.496 e. The predicted molar refractivity (Wildman–Crippen MR) is 65.8 cm³/mol. The molecule has 6 nitrogen and oxygen atoms in total. The van der Waals surface area contributed by atoms with E-state index in [2.05, 4.69) is 10.6 Å². The van der Waals surface area contributed by atoms with E-state index in [1.54, 1.807) is 24.3 Å². The minimum atomic E-state index is -0.838. The zero-order valence-corrected chi connectivity index (χ0v) is 9.84. The Kier molecular flexibility index (Phi) is 4.41. The van der Waals surface area contributed by atoms with Crippen LogP contribution in [0.25, 0.3) is 0 Å². The van der Waals surface area contributed by atoms with Crippen molar-refractivity contribution >= 4 is 29.3 Å². The number of nitrogens with two attached hydrogens (primary N) is 1. The van der Waals surface area contributed by atoms with Crippen LogP contribution in [-0.2, 0) is 0 Å². The first kappa shape index (κ1) is 12.9. The fourth-order valence-corrected chi connectivity index (χ4v) is 1.34. The monoisotopic (exact) mass is 253 g/mol. The topological polar surface area (TPSA) is 93.4 Å². The maximum Gasteiger partial charge on any atom is 0.318 e. The molecule has 0 aromatic heterocycles. The lowest BCUT2D eigenvalue weighted by molar-refractivity contribution is 0.0974. The Balaban J connectivity index is 2.76. The van der Waals surface area contributed by atoms with Crippen molar-refractivity contribution in [3.05, 3.63) is 29.8 Å². The van der Waals surface area contributed by atoms with E-state index >= 15 is 0 Å². The van der Waals surface area contributed by atoms with E-state index in [1.807, 2.05) is 0 Å². The highest BCUT2D eigenvalue weighted by Gasteiger charge is 2.13. The van der Waals surface area contributed by atoms with Gasteiger partial charge in [-0.3, -0.25) is 15.4 Å². The van der Waals surface area contributed by atoms with E-state index in [9.17, 15) is 9.59 Å². The fraction of sp³-hybridized carbons (Fsp3) is 0.100. The molecule has 4 N–H and O–H groups in total. The average molecular weight is 253 g/mol. The van der Waals surface area contributed by atoms with Gasteiger partial charge in [-0.25, -0.2) is 4.79 Å². The Bertz CT molecular complexity index is 462. The summed E-state index contributed by atoms with van der Waals surface area (Å²) < 4.78 is 5.01. The first-order chi connectivity index (χ1) is 8.04. The molecule has 1 aromatic carbocycles. The molecular weight excluding hydrogens is 242 g/mol. The van der Waals surface area contributed by atoms with Gasteiger partial charge < -0.3 is 10.5 Å². The number of benzene rings is 1. The van der Waals surface area contributed by atoms with Gasteiger partial charge in [0.2, 0.25) is 0 Å². The molecule has 1 aromatic rings. The molecule has 0 spiro atoms. The molecule has 3 amide bonds. The smallest absolute Gasteiger partial charge is 0.318 e. The summed E-state index contributed by atoms with van der Waals surface area (Å²) in [6, 6.07) is 5.79. The summed E-state index contributed by atoms with van der Waals surface area (Å²) in [5, 5.41) is 4.22. The number of hydrogen-bond acceptors (Lipinski definition) is 4. The second-order valence-corrected chi connectivity index (χ2v) is 3.38. The molecule has 0 heterocycles. The summed E-state index contributed by atoms with van der Waals surface area (Å²) in [4.78, 5) is 22.2. The Morgan fingerprint density at radius 1 is 1.29 bits per heavy atom. The van der Waals surface area contributed by atoms with E-state index in [0.717, 1.165) is 0 Å². The van der Waals surface area contributed by atoms with Gasteiger partial charge in [0.1, 0.15) is 5.75 Å². The number of hydrogen-bond donors (Lipinski definition) is 3.